The van der Waals surface area contributed by atoms with Gasteiger partial charge >= 0.3 is 0 Å². The summed E-state index contributed by atoms with van der Waals surface area (Å²) >= 11 is 0. The molecule has 1 aliphatic heterocycles. The molecule has 0 aromatic carbocycles. The summed E-state index contributed by atoms with van der Waals surface area (Å²) in [4.78, 5) is 0. The van der Waals surface area contributed by atoms with E-state index in [1.54, 1.807) is 0 Å². The normalized spacial score (nSPS) is 38.5. The highest BCUT2D eigenvalue weighted by atomic mass is 16.5. The number of rotatable bonds is 1. The van der Waals surface area contributed by atoms with Crippen LogP contribution >= 0.6 is 0 Å². The summed E-state index contributed by atoms with van der Waals surface area (Å²) in [6, 6.07) is 0. The second-order valence-corrected chi connectivity index (χ2v) is 4.86. The molecule has 0 bridgehead atoms. The molecule has 0 aromatic heterocycles. The van der Waals surface area contributed by atoms with Crippen LogP contribution < -0.4 is 0 Å². The van der Waals surface area contributed by atoms with Gasteiger partial charge in [-0.05, 0) is 18.3 Å². The predicted octanol–water partition coefficient (Wildman–Crippen LogP) is 3.61. The molecule has 0 amide bonds. The van der Waals surface area contributed by atoms with E-state index in [1.165, 1.54) is 0 Å². The minimum Gasteiger partial charge on any atom is -0.495 e. The predicted molar refractivity (Wildman–Crippen MR) is 56.4 cm³/mol. The SMILES string of the molecule is C=C1OC(CC)[C@H](C)C(C)C1(C)C. The molecule has 1 fully saturated rings. The van der Waals surface area contributed by atoms with Crippen LogP contribution in [-0.4, -0.2) is 6.10 Å². The third-order valence-electron chi connectivity index (χ3n) is 3.93. The van der Waals surface area contributed by atoms with E-state index in [0.717, 1.165) is 12.2 Å². The van der Waals surface area contributed by atoms with Gasteiger partial charge in [0.15, 0.2) is 0 Å². The highest BCUT2D eigenvalue weighted by Crippen LogP contribution is 2.46. The third kappa shape index (κ3) is 1.61. The molecule has 2 unspecified atom stereocenters. The molecule has 0 N–H and O–H groups in total. The van der Waals surface area contributed by atoms with E-state index in [1.807, 2.05) is 0 Å². The van der Waals surface area contributed by atoms with Crippen molar-refractivity contribution >= 4 is 0 Å². The van der Waals surface area contributed by atoms with Crippen molar-refractivity contribution < 1.29 is 4.74 Å². The fraction of sp³-hybridized carbons (Fsp3) is 0.833. The molecule has 0 aromatic rings. The van der Waals surface area contributed by atoms with Gasteiger partial charge in [-0.2, -0.15) is 0 Å². The lowest BCUT2D eigenvalue weighted by Crippen LogP contribution is -2.42. The number of ether oxygens (including phenoxy) is 1. The lowest BCUT2D eigenvalue weighted by molar-refractivity contribution is -0.0621. The Morgan fingerprint density at radius 3 is 2.38 bits per heavy atom. The maximum atomic E-state index is 5.84. The quantitative estimate of drug-likeness (QED) is 0.602. The van der Waals surface area contributed by atoms with Crippen molar-refractivity contribution in [2.24, 2.45) is 17.3 Å². The minimum absolute atomic E-state index is 0.130. The van der Waals surface area contributed by atoms with E-state index in [2.05, 4.69) is 41.2 Å². The molecule has 3 atom stereocenters. The van der Waals surface area contributed by atoms with Crippen molar-refractivity contribution in [3.05, 3.63) is 12.3 Å². The van der Waals surface area contributed by atoms with Crippen LogP contribution in [0.4, 0.5) is 0 Å². The first-order valence-electron chi connectivity index (χ1n) is 5.27. The van der Waals surface area contributed by atoms with E-state index in [-0.39, 0.29) is 5.41 Å². The Morgan fingerprint density at radius 1 is 1.38 bits per heavy atom. The van der Waals surface area contributed by atoms with Crippen LogP contribution in [0, 0.1) is 17.3 Å². The first kappa shape index (κ1) is 10.6. The van der Waals surface area contributed by atoms with E-state index in [4.69, 9.17) is 4.74 Å². The molecule has 1 heteroatoms. The van der Waals surface area contributed by atoms with Crippen LogP contribution in [-0.2, 0) is 4.74 Å². The average molecular weight is 182 g/mol. The van der Waals surface area contributed by atoms with Gasteiger partial charge in [0.1, 0.15) is 6.10 Å². The largest absolute Gasteiger partial charge is 0.495 e. The molecule has 1 rings (SSSR count). The second kappa shape index (κ2) is 3.36. The lowest BCUT2D eigenvalue weighted by atomic mass is 9.68. The summed E-state index contributed by atoms with van der Waals surface area (Å²) in [5.74, 6) is 2.24. The Kier molecular flexibility index (Phi) is 2.74. The van der Waals surface area contributed by atoms with E-state index in [9.17, 15) is 0 Å². The smallest absolute Gasteiger partial charge is 0.101 e. The van der Waals surface area contributed by atoms with Crippen molar-refractivity contribution in [2.45, 2.75) is 47.1 Å². The van der Waals surface area contributed by atoms with Crippen LogP contribution in [0.2, 0.25) is 0 Å². The molecule has 0 radical (unpaired) electrons. The Labute approximate surface area is 82.2 Å². The molecule has 0 spiro atoms. The van der Waals surface area contributed by atoms with Gasteiger partial charge in [-0.3, -0.25) is 0 Å². The van der Waals surface area contributed by atoms with Crippen molar-refractivity contribution in [1.29, 1.82) is 0 Å². The summed E-state index contributed by atoms with van der Waals surface area (Å²) in [5.41, 5.74) is 0.130. The first-order valence-corrected chi connectivity index (χ1v) is 5.27. The topological polar surface area (TPSA) is 9.23 Å². The Balaban J connectivity index is 2.85. The van der Waals surface area contributed by atoms with E-state index in [0.29, 0.717) is 17.9 Å². The summed E-state index contributed by atoms with van der Waals surface area (Å²) in [6.07, 6.45) is 1.45. The van der Waals surface area contributed by atoms with Crippen molar-refractivity contribution in [2.75, 3.05) is 0 Å². The van der Waals surface area contributed by atoms with E-state index < -0.39 is 0 Å². The van der Waals surface area contributed by atoms with Gasteiger partial charge in [0.2, 0.25) is 0 Å². The molecule has 0 aliphatic carbocycles. The van der Waals surface area contributed by atoms with Gasteiger partial charge < -0.3 is 4.74 Å². The molecular formula is C12H22O. The number of hydrogen-bond acceptors (Lipinski definition) is 1. The van der Waals surface area contributed by atoms with Crippen molar-refractivity contribution in [1.82, 2.24) is 0 Å². The van der Waals surface area contributed by atoms with Gasteiger partial charge in [-0.25, -0.2) is 0 Å². The molecule has 0 saturated carbocycles. The molecule has 1 heterocycles. The Bertz CT molecular complexity index is 205. The average Bonchev–Trinajstić information content (AvgIpc) is 2.09. The van der Waals surface area contributed by atoms with Crippen molar-refractivity contribution in [3.8, 4) is 0 Å². The summed E-state index contributed by atoms with van der Waals surface area (Å²) in [6.45, 7) is 15.2. The molecule has 1 nitrogen and oxygen atoms in total. The number of hydrogen-bond donors (Lipinski definition) is 0. The fourth-order valence-corrected chi connectivity index (χ4v) is 2.13. The molecule has 1 aliphatic rings. The Hall–Kier alpha value is -0.460. The number of allylic oxidation sites excluding steroid dienone is 1. The second-order valence-electron chi connectivity index (χ2n) is 4.86. The van der Waals surface area contributed by atoms with Crippen LogP contribution in [0.5, 0.6) is 0 Å². The summed E-state index contributed by atoms with van der Waals surface area (Å²) in [5, 5.41) is 0. The standard InChI is InChI=1S/C12H22O/c1-7-11-8(2)9(3)12(5,6)10(4)13-11/h8-9,11H,4,7H2,1-3,5-6H3/t8-,9?,11?/m1/s1. The van der Waals surface area contributed by atoms with Crippen LogP contribution in [0.15, 0.2) is 12.3 Å². The van der Waals surface area contributed by atoms with Gasteiger partial charge in [0.05, 0.1) is 5.76 Å². The van der Waals surface area contributed by atoms with Gasteiger partial charge in [0, 0.05) is 5.41 Å². The molecular weight excluding hydrogens is 160 g/mol. The zero-order valence-corrected chi connectivity index (χ0v) is 9.55. The monoisotopic (exact) mass is 182 g/mol. The maximum Gasteiger partial charge on any atom is 0.101 e. The first-order chi connectivity index (χ1) is 5.91. The third-order valence-corrected chi connectivity index (χ3v) is 3.93. The van der Waals surface area contributed by atoms with Crippen LogP contribution in [0.3, 0.4) is 0 Å². The molecule has 1 saturated heterocycles. The Morgan fingerprint density at radius 2 is 1.92 bits per heavy atom. The molecule has 13 heavy (non-hydrogen) atoms. The van der Waals surface area contributed by atoms with Crippen LogP contribution in [0.1, 0.15) is 41.0 Å². The minimum atomic E-state index is 0.130. The maximum absolute atomic E-state index is 5.84. The van der Waals surface area contributed by atoms with Gasteiger partial charge in [-0.1, -0.05) is 41.2 Å². The fourth-order valence-electron chi connectivity index (χ4n) is 2.13. The zero-order valence-electron chi connectivity index (χ0n) is 9.55. The highest BCUT2D eigenvalue weighted by molar-refractivity contribution is 5.07. The van der Waals surface area contributed by atoms with Gasteiger partial charge in [-0.15, -0.1) is 0 Å². The van der Waals surface area contributed by atoms with Crippen LogP contribution in [0.25, 0.3) is 0 Å². The lowest BCUT2D eigenvalue weighted by Gasteiger charge is -2.46. The van der Waals surface area contributed by atoms with Crippen molar-refractivity contribution in [3.63, 3.8) is 0 Å². The van der Waals surface area contributed by atoms with Gasteiger partial charge in [0.25, 0.3) is 0 Å². The summed E-state index contributed by atoms with van der Waals surface area (Å²) in [7, 11) is 0. The summed E-state index contributed by atoms with van der Waals surface area (Å²) < 4.78 is 5.84. The zero-order chi connectivity index (χ0) is 10.2. The molecule has 76 valence electrons. The van der Waals surface area contributed by atoms with E-state index >= 15 is 0 Å². The highest BCUT2D eigenvalue weighted by Gasteiger charge is 2.42.